The molecule has 5 aliphatic rings. The van der Waals surface area contributed by atoms with E-state index in [1.165, 1.54) is 68.0 Å². The van der Waals surface area contributed by atoms with Crippen molar-refractivity contribution >= 4 is 76.6 Å². The second kappa shape index (κ2) is 31.7. The number of alkyl halides is 3. The van der Waals surface area contributed by atoms with Gasteiger partial charge < -0.3 is 55.6 Å². The lowest BCUT2D eigenvalue weighted by Gasteiger charge is -2.38. The van der Waals surface area contributed by atoms with Gasteiger partial charge in [-0.25, -0.2) is 0 Å². The van der Waals surface area contributed by atoms with Gasteiger partial charge in [-0.1, -0.05) is 96.7 Å². The summed E-state index contributed by atoms with van der Waals surface area (Å²) in [6, 6.07) is -4.40. The standard InChI is InChI=1S/C64H97ClF3N11O11/c1-12-39(4)54-61(89)75(8)36-52(82)73(6)37-53(83)77(10)49(34-41-19-14-13-15-20-41)60(88)74(7)35-50(80)70-46(27-23-42-22-26-44(45(65)33-42)64(66,67)68)59(87)79-30-18-21-47(79)57(85)72-63(28-16-17-29-63)62(90)78(11)55(43-24-25-43)58(86)69-40(5)32-51(81)76(9)48(31-38(2)3)56(84)71-54/h22,26,33,38-41,43,46-49,54-55H,12-21,23-25,27-32,34-37H2,1-11H3,(H,69,86)(H,70,80)(H,71,84)(H,72,85)/t39-,40+,46-,47-,48-,49-,54-,55-/m0/s1. The molecule has 1 aromatic rings. The summed E-state index contributed by atoms with van der Waals surface area (Å²) in [7, 11) is 8.61. The number of hydrogen-bond donors (Lipinski definition) is 4. The summed E-state index contributed by atoms with van der Waals surface area (Å²) in [5.74, 6) is -7.37. The Balaban J connectivity index is 1.35. The van der Waals surface area contributed by atoms with Gasteiger partial charge in [0.1, 0.15) is 41.8 Å². The van der Waals surface area contributed by atoms with E-state index in [-0.39, 0.29) is 75.7 Å². The van der Waals surface area contributed by atoms with E-state index in [1.54, 1.807) is 13.8 Å². The van der Waals surface area contributed by atoms with Crippen molar-refractivity contribution in [2.24, 2.45) is 23.7 Å². The Bertz CT molecular complexity index is 2790. The van der Waals surface area contributed by atoms with Crippen LogP contribution in [0, 0.1) is 23.7 Å². The zero-order valence-electron chi connectivity index (χ0n) is 54.5. The zero-order valence-corrected chi connectivity index (χ0v) is 55.2. The van der Waals surface area contributed by atoms with Crippen LogP contribution in [0.4, 0.5) is 13.2 Å². The first-order valence-corrected chi connectivity index (χ1v) is 32.6. The number of benzene rings is 1. The largest absolute Gasteiger partial charge is 0.417 e. The Morgan fingerprint density at radius 3 is 1.88 bits per heavy atom. The number of rotatable bonds is 10. The summed E-state index contributed by atoms with van der Waals surface area (Å²) in [5.41, 5.74) is -2.21. The summed E-state index contributed by atoms with van der Waals surface area (Å²) in [4.78, 5) is 168. The average Bonchev–Trinajstić information content (AvgIpc) is 1.59. The third kappa shape index (κ3) is 18.6. The molecule has 2 saturated heterocycles. The molecule has 11 amide bonds. The zero-order chi connectivity index (χ0) is 66.7. The summed E-state index contributed by atoms with van der Waals surface area (Å²) < 4.78 is 41.3. The molecule has 8 atom stereocenters. The van der Waals surface area contributed by atoms with Crippen LogP contribution >= 0.6 is 11.6 Å². The molecule has 3 aliphatic carbocycles. The van der Waals surface area contributed by atoms with Crippen LogP contribution in [0.2, 0.25) is 5.02 Å². The van der Waals surface area contributed by atoms with Crippen LogP contribution in [0.15, 0.2) is 18.2 Å². The Labute approximate surface area is 533 Å². The predicted molar refractivity (Wildman–Crippen MR) is 330 cm³/mol. The van der Waals surface area contributed by atoms with E-state index in [1.807, 2.05) is 20.8 Å². The van der Waals surface area contributed by atoms with Crippen molar-refractivity contribution in [1.29, 1.82) is 0 Å². The summed E-state index contributed by atoms with van der Waals surface area (Å²) in [6.45, 7) is 7.51. The van der Waals surface area contributed by atoms with Gasteiger partial charge in [-0.2, -0.15) is 13.2 Å². The fourth-order valence-electron chi connectivity index (χ4n) is 13.2. The van der Waals surface area contributed by atoms with Gasteiger partial charge in [0, 0.05) is 61.3 Å². The molecule has 5 fully saturated rings. The molecule has 2 aliphatic heterocycles. The molecule has 3 saturated carbocycles. The molecule has 0 radical (unpaired) electrons. The van der Waals surface area contributed by atoms with E-state index in [2.05, 4.69) is 21.3 Å². The minimum Gasteiger partial charge on any atom is -0.351 e. The van der Waals surface area contributed by atoms with Crippen molar-refractivity contribution in [3.8, 4) is 0 Å². The number of carbonyl (C=O) groups is 11. The first-order valence-electron chi connectivity index (χ1n) is 32.2. The quantitative estimate of drug-likeness (QED) is 0.245. The lowest BCUT2D eigenvalue weighted by molar-refractivity contribution is -0.149. The molecule has 1 spiro atoms. The number of nitrogens with zero attached hydrogens (tertiary/aromatic N) is 7. The van der Waals surface area contributed by atoms with Crippen molar-refractivity contribution in [3.63, 3.8) is 0 Å². The van der Waals surface area contributed by atoms with E-state index >= 15 is 4.79 Å². The summed E-state index contributed by atoms with van der Waals surface area (Å²) in [5, 5.41) is 11.0. The lowest BCUT2D eigenvalue weighted by atomic mass is 9.84. The molecule has 0 aromatic heterocycles. The van der Waals surface area contributed by atoms with Crippen LogP contribution in [0.25, 0.3) is 0 Å². The van der Waals surface area contributed by atoms with Crippen LogP contribution < -0.4 is 21.3 Å². The molecule has 2 heterocycles. The highest BCUT2D eigenvalue weighted by Gasteiger charge is 2.51. The average molecular weight is 1290 g/mol. The molecule has 6 rings (SSSR count). The van der Waals surface area contributed by atoms with Crippen LogP contribution in [0.5, 0.6) is 0 Å². The van der Waals surface area contributed by atoms with E-state index in [0.29, 0.717) is 44.1 Å². The van der Waals surface area contributed by atoms with Gasteiger partial charge in [-0.05, 0) is 112 Å². The van der Waals surface area contributed by atoms with Crippen LogP contribution in [-0.2, 0) is 65.3 Å². The van der Waals surface area contributed by atoms with Crippen molar-refractivity contribution < 1.29 is 65.9 Å². The van der Waals surface area contributed by atoms with Gasteiger partial charge in [0.15, 0.2) is 0 Å². The smallest absolute Gasteiger partial charge is 0.351 e. The van der Waals surface area contributed by atoms with Crippen molar-refractivity contribution in [2.45, 2.75) is 211 Å². The van der Waals surface area contributed by atoms with Crippen LogP contribution in [-0.4, -0.2) is 216 Å². The molecule has 1 aromatic carbocycles. The molecule has 0 bridgehead atoms. The molecule has 0 unspecified atom stereocenters. The molecule has 502 valence electrons. The fraction of sp³-hybridized carbons (Fsp3) is 0.734. The number of hydrogen-bond acceptors (Lipinski definition) is 11. The highest BCUT2D eigenvalue weighted by Crippen LogP contribution is 2.40. The number of nitrogens with one attached hydrogen (secondary N) is 4. The molecule has 22 nitrogen and oxygen atoms in total. The first kappa shape index (κ1) is 72.5. The Morgan fingerprint density at radius 1 is 0.656 bits per heavy atom. The molecule has 26 heteroatoms. The third-order valence-corrected chi connectivity index (χ3v) is 19.4. The molecule has 90 heavy (non-hydrogen) atoms. The molecular formula is C64H97ClF3N11O11. The second-order valence-electron chi connectivity index (χ2n) is 26.7. The summed E-state index contributed by atoms with van der Waals surface area (Å²) >= 11 is 6.11. The number of likely N-dealkylation sites (N-methyl/N-ethyl adjacent to an activating group) is 6. The van der Waals surface area contributed by atoms with Crippen LogP contribution in [0.3, 0.4) is 0 Å². The number of amides is 11. The SMILES string of the molecule is CC[C@H](C)[C@@H]1NC(=O)[C@H](CC(C)C)N(C)C(=O)C[C@@H](C)NC(=O)[C@H](C2CC2)N(C)C(=O)C2(CCCC2)NC(=O)[C@@H]2CCCN2C(=O)[C@H](CCc2ccc(C(F)(F)F)c(Cl)c2)NC(=O)CN(C)C(=O)[C@H](CC2CCCCC2)N(C)C(=O)CN(C)C(=O)CN(C)C1=O. The van der Waals surface area contributed by atoms with E-state index < -0.39 is 155 Å². The van der Waals surface area contributed by atoms with Gasteiger partial charge in [0.25, 0.3) is 0 Å². The monoisotopic (exact) mass is 1290 g/mol. The van der Waals surface area contributed by atoms with Gasteiger partial charge in [-0.15, -0.1) is 0 Å². The van der Waals surface area contributed by atoms with Gasteiger partial charge in [0.05, 0.1) is 30.2 Å². The number of carbonyl (C=O) groups excluding carboxylic acids is 11. The maximum atomic E-state index is 15.0. The maximum absolute atomic E-state index is 15.0. The van der Waals surface area contributed by atoms with Gasteiger partial charge in [0.2, 0.25) is 65.0 Å². The van der Waals surface area contributed by atoms with Crippen molar-refractivity contribution in [3.05, 3.63) is 34.3 Å². The molecular weight excluding hydrogens is 1190 g/mol. The Morgan fingerprint density at radius 2 is 1.28 bits per heavy atom. The van der Waals surface area contributed by atoms with Gasteiger partial charge in [-0.3, -0.25) is 52.7 Å². The number of halogens is 4. The Hall–Kier alpha value is -6.53. The Kier molecular flexibility index (Phi) is 25.5. The normalized spacial score (nSPS) is 27.1. The summed E-state index contributed by atoms with van der Waals surface area (Å²) in [6.07, 6.45) is 3.48. The highest BCUT2D eigenvalue weighted by molar-refractivity contribution is 6.31. The fourth-order valence-corrected chi connectivity index (χ4v) is 13.5. The number of fused-ring (bicyclic) bond motifs is 1. The van der Waals surface area contributed by atoms with E-state index in [0.717, 1.165) is 58.9 Å². The highest BCUT2D eigenvalue weighted by atomic mass is 35.5. The second-order valence-corrected chi connectivity index (χ2v) is 27.1. The van der Waals surface area contributed by atoms with Gasteiger partial charge >= 0.3 is 6.18 Å². The van der Waals surface area contributed by atoms with Crippen LogP contribution in [0.1, 0.15) is 161 Å². The minimum atomic E-state index is -4.74. The third-order valence-electron chi connectivity index (χ3n) is 19.1. The number of aryl methyl sites for hydroxylation is 1. The van der Waals surface area contributed by atoms with Crippen molar-refractivity contribution in [1.82, 2.24) is 55.6 Å². The lowest BCUT2D eigenvalue weighted by Crippen LogP contribution is -2.64. The molecule has 4 N–H and O–H groups in total. The topological polar surface area (TPSA) is 259 Å². The maximum Gasteiger partial charge on any atom is 0.417 e. The van der Waals surface area contributed by atoms with E-state index in [4.69, 9.17) is 11.6 Å². The minimum absolute atomic E-state index is 0.0364. The predicted octanol–water partition coefficient (Wildman–Crippen LogP) is 4.92. The first-order chi connectivity index (χ1) is 42.3. The van der Waals surface area contributed by atoms with E-state index in [9.17, 15) is 61.1 Å². The van der Waals surface area contributed by atoms with Crippen molar-refractivity contribution in [2.75, 3.05) is 68.5 Å².